The van der Waals surface area contributed by atoms with Gasteiger partial charge in [-0.25, -0.2) is 4.79 Å². The van der Waals surface area contributed by atoms with E-state index in [-0.39, 0.29) is 12.5 Å². The Morgan fingerprint density at radius 2 is 1.65 bits per heavy atom. The minimum atomic E-state index is -1.27. The lowest BCUT2D eigenvalue weighted by atomic mass is 9.98. The number of hydrogen-bond donors (Lipinski definition) is 3. The minimum Gasteiger partial charge on any atom is -0.481 e. The first-order chi connectivity index (χ1) is 14.7. The van der Waals surface area contributed by atoms with Crippen LogP contribution in [0.5, 0.6) is 0 Å². The normalized spacial score (nSPS) is 13.5. The van der Waals surface area contributed by atoms with E-state index in [1.807, 2.05) is 48.5 Å². The Kier molecular flexibility index (Phi) is 6.44. The van der Waals surface area contributed by atoms with Crippen LogP contribution < -0.4 is 10.6 Å². The lowest BCUT2D eigenvalue weighted by molar-refractivity contribution is -0.140. The second-order valence-corrected chi connectivity index (χ2v) is 8.04. The third-order valence-corrected chi connectivity index (χ3v) is 5.29. The second-order valence-electron chi connectivity index (χ2n) is 8.04. The Morgan fingerprint density at radius 1 is 1.10 bits per heavy atom. The van der Waals surface area contributed by atoms with Crippen LogP contribution in [0.25, 0.3) is 11.1 Å². The largest absolute Gasteiger partial charge is 0.481 e. The standard InChI is InChI=1S/C24H26N2O5/c1-4-24(2,3)26-22(29)20(13-21(27)28)25-23(30)31-14-19-17-11-7-5-9-15(17)16-10-6-8-12-18(16)19/h4-12,19-20H,1,13-14H2,2-3H3,(H,25,30)(H,26,29)(H,27,28). The van der Waals surface area contributed by atoms with E-state index in [0.717, 1.165) is 22.3 Å². The fourth-order valence-corrected chi connectivity index (χ4v) is 3.62. The van der Waals surface area contributed by atoms with Crippen molar-refractivity contribution in [2.24, 2.45) is 0 Å². The molecule has 3 rings (SSSR count). The van der Waals surface area contributed by atoms with Gasteiger partial charge in [0, 0.05) is 5.92 Å². The van der Waals surface area contributed by atoms with Crippen LogP contribution in [0, 0.1) is 0 Å². The summed E-state index contributed by atoms with van der Waals surface area (Å²) in [5.41, 5.74) is 3.56. The first kappa shape index (κ1) is 22.1. The molecule has 31 heavy (non-hydrogen) atoms. The lowest BCUT2D eigenvalue weighted by Gasteiger charge is -2.25. The molecule has 0 aliphatic heterocycles. The van der Waals surface area contributed by atoms with Crippen molar-refractivity contribution >= 4 is 18.0 Å². The molecule has 2 aromatic carbocycles. The summed E-state index contributed by atoms with van der Waals surface area (Å²) < 4.78 is 5.42. The number of carboxylic acid groups (broad SMARTS) is 1. The van der Waals surface area contributed by atoms with Crippen molar-refractivity contribution in [2.75, 3.05) is 6.61 Å². The van der Waals surface area contributed by atoms with Crippen LogP contribution in [-0.2, 0) is 14.3 Å². The van der Waals surface area contributed by atoms with Gasteiger partial charge in [0.05, 0.1) is 12.0 Å². The number of ether oxygens (including phenoxy) is 1. The van der Waals surface area contributed by atoms with E-state index in [1.54, 1.807) is 13.8 Å². The zero-order chi connectivity index (χ0) is 22.6. The van der Waals surface area contributed by atoms with E-state index in [0.29, 0.717) is 0 Å². The zero-order valence-electron chi connectivity index (χ0n) is 17.6. The van der Waals surface area contributed by atoms with Crippen molar-refractivity contribution in [1.82, 2.24) is 10.6 Å². The number of rotatable bonds is 8. The van der Waals surface area contributed by atoms with Crippen LogP contribution in [0.15, 0.2) is 61.2 Å². The molecule has 7 heteroatoms. The van der Waals surface area contributed by atoms with Gasteiger partial charge in [-0.3, -0.25) is 9.59 Å². The molecule has 1 atom stereocenters. The Balaban J connectivity index is 1.69. The summed E-state index contributed by atoms with van der Waals surface area (Å²) >= 11 is 0. The number of aliphatic carboxylic acids is 1. The van der Waals surface area contributed by atoms with Crippen LogP contribution in [0.1, 0.15) is 37.3 Å². The average molecular weight is 422 g/mol. The molecule has 0 radical (unpaired) electrons. The molecule has 0 fully saturated rings. The van der Waals surface area contributed by atoms with Gasteiger partial charge in [-0.15, -0.1) is 6.58 Å². The number of carbonyl (C=O) groups excluding carboxylic acids is 2. The molecule has 1 aliphatic rings. The molecule has 0 heterocycles. The lowest BCUT2D eigenvalue weighted by Crippen LogP contribution is -2.53. The molecule has 7 nitrogen and oxygen atoms in total. The highest BCUT2D eigenvalue weighted by atomic mass is 16.5. The monoisotopic (exact) mass is 422 g/mol. The molecule has 162 valence electrons. The van der Waals surface area contributed by atoms with Gasteiger partial charge in [0.1, 0.15) is 12.6 Å². The van der Waals surface area contributed by atoms with Crippen LogP contribution in [-0.4, -0.2) is 41.3 Å². The molecule has 0 spiro atoms. The molecule has 1 aliphatic carbocycles. The van der Waals surface area contributed by atoms with Gasteiger partial charge >= 0.3 is 12.1 Å². The number of fused-ring (bicyclic) bond motifs is 3. The Labute approximate surface area is 181 Å². The molecule has 0 aromatic heterocycles. The Bertz CT molecular complexity index is 969. The van der Waals surface area contributed by atoms with Gasteiger partial charge in [-0.2, -0.15) is 0 Å². The molecule has 2 aromatic rings. The SMILES string of the molecule is C=CC(C)(C)NC(=O)C(CC(=O)O)NC(=O)OCC1c2ccccc2-c2ccccc21. The molecule has 0 saturated carbocycles. The number of hydrogen-bond acceptors (Lipinski definition) is 4. The Morgan fingerprint density at radius 3 is 2.16 bits per heavy atom. The van der Waals surface area contributed by atoms with Gasteiger partial charge in [0.2, 0.25) is 5.91 Å². The molecule has 3 N–H and O–H groups in total. The van der Waals surface area contributed by atoms with Crippen molar-refractivity contribution in [3.8, 4) is 11.1 Å². The van der Waals surface area contributed by atoms with Crippen molar-refractivity contribution in [3.63, 3.8) is 0 Å². The maximum absolute atomic E-state index is 12.5. The number of amides is 2. The fraction of sp³-hybridized carbons (Fsp3) is 0.292. The van der Waals surface area contributed by atoms with Crippen molar-refractivity contribution in [2.45, 2.75) is 37.8 Å². The van der Waals surface area contributed by atoms with Crippen molar-refractivity contribution in [1.29, 1.82) is 0 Å². The van der Waals surface area contributed by atoms with Crippen LogP contribution >= 0.6 is 0 Å². The quantitative estimate of drug-likeness (QED) is 0.565. The van der Waals surface area contributed by atoms with Gasteiger partial charge in [0.25, 0.3) is 0 Å². The van der Waals surface area contributed by atoms with Crippen LogP contribution in [0.4, 0.5) is 4.79 Å². The zero-order valence-corrected chi connectivity index (χ0v) is 17.6. The topological polar surface area (TPSA) is 105 Å². The van der Waals surface area contributed by atoms with Gasteiger partial charge in [0.15, 0.2) is 0 Å². The van der Waals surface area contributed by atoms with Gasteiger partial charge < -0.3 is 20.5 Å². The summed E-state index contributed by atoms with van der Waals surface area (Å²) in [6.07, 6.45) is 0.110. The number of benzene rings is 2. The second kappa shape index (κ2) is 9.04. The number of carbonyl (C=O) groups is 3. The van der Waals surface area contributed by atoms with E-state index in [2.05, 4.69) is 17.2 Å². The molecule has 0 bridgehead atoms. The summed E-state index contributed by atoms with van der Waals surface area (Å²) in [7, 11) is 0. The first-order valence-electron chi connectivity index (χ1n) is 10.0. The van der Waals surface area contributed by atoms with E-state index < -0.39 is 36.0 Å². The third-order valence-electron chi connectivity index (χ3n) is 5.29. The Hall–Kier alpha value is -3.61. The van der Waals surface area contributed by atoms with E-state index in [9.17, 15) is 14.4 Å². The van der Waals surface area contributed by atoms with Crippen LogP contribution in [0.2, 0.25) is 0 Å². The van der Waals surface area contributed by atoms with Crippen molar-refractivity contribution < 1.29 is 24.2 Å². The van der Waals surface area contributed by atoms with E-state index in [4.69, 9.17) is 9.84 Å². The van der Waals surface area contributed by atoms with Crippen molar-refractivity contribution in [3.05, 3.63) is 72.3 Å². The summed E-state index contributed by atoms with van der Waals surface area (Å²) in [6.45, 7) is 7.13. The summed E-state index contributed by atoms with van der Waals surface area (Å²) in [4.78, 5) is 36.1. The van der Waals surface area contributed by atoms with Gasteiger partial charge in [-0.1, -0.05) is 54.6 Å². The first-order valence-corrected chi connectivity index (χ1v) is 10.0. The highest BCUT2D eigenvalue weighted by Gasteiger charge is 2.31. The highest BCUT2D eigenvalue weighted by molar-refractivity contribution is 5.89. The smallest absolute Gasteiger partial charge is 0.407 e. The predicted octanol–water partition coefficient (Wildman–Crippen LogP) is 3.45. The van der Waals surface area contributed by atoms with Crippen LogP contribution in [0.3, 0.4) is 0 Å². The molecule has 2 amide bonds. The molecular formula is C24H26N2O5. The number of alkyl carbamates (subject to hydrolysis) is 1. The third kappa shape index (κ3) is 5.12. The number of carboxylic acids is 1. The molecular weight excluding hydrogens is 396 g/mol. The summed E-state index contributed by atoms with van der Waals surface area (Å²) in [5.74, 6) is -1.97. The minimum absolute atomic E-state index is 0.0689. The summed E-state index contributed by atoms with van der Waals surface area (Å²) in [5, 5.41) is 14.2. The van der Waals surface area contributed by atoms with E-state index >= 15 is 0 Å². The highest BCUT2D eigenvalue weighted by Crippen LogP contribution is 2.44. The maximum Gasteiger partial charge on any atom is 0.407 e. The predicted molar refractivity (Wildman–Crippen MR) is 117 cm³/mol. The molecule has 0 saturated heterocycles. The fourth-order valence-electron chi connectivity index (χ4n) is 3.62. The van der Waals surface area contributed by atoms with E-state index in [1.165, 1.54) is 6.08 Å². The maximum atomic E-state index is 12.5. The number of nitrogens with one attached hydrogen (secondary N) is 2. The average Bonchev–Trinajstić information content (AvgIpc) is 3.05. The summed E-state index contributed by atoms with van der Waals surface area (Å²) in [6, 6.07) is 14.6. The molecule has 1 unspecified atom stereocenters. The van der Waals surface area contributed by atoms with Gasteiger partial charge in [-0.05, 0) is 36.1 Å².